The highest BCUT2D eigenvalue weighted by molar-refractivity contribution is 5.76. The minimum Gasteiger partial charge on any atom is -0.477 e. The van der Waals surface area contributed by atoms with Crippen molar-refractivity contribution < 1.29 is 18.7 Å². The molecule has 0 aromatic heterocycles. The van der Waals surface area contributed by atoms with Crippen molar-refractivity contribution in [2.75, 3.05) is 0 Å². The summed E-state index contributed by atoms with van der Waals surface area (Å²) < 4.78 is 25.2. The van der Waals surface area contributed by atoms with Crippen LogP contribution in [0.25, 0.3) is 0 Å². The molecule has 0 spiro atoms. The van der Waals surface area contributed by atoms with Gasteiger partial charge >= 0.3 is 11.9 Å². The van der Waals surface area contributed by atoms with Crippen molar-refractivity contribution >= 4 is 5.97 Å². The second-order valence-corrected chi connectivity index (χ2v) is 2.54. The van der Waals surface area contributed by atoms with E-state index in [1.54, 1.807) is 6.08 Å². The fourth-order valence-corrected chi connectivity index (χ4v) is 1.09. The number of alkyl halides is 2. The van der Waals surface area contributed by atoms with E-state index >= 15 is 0 Å². The Hall–Kier alpha value is -0.930. The summed E-state index contributed by atoms with van der Waals surface area (Å²) in [5.74, 6) is -6.73. The van der Waals surface area contributed by atoms with Crippen molar-refractivity contribution in [3.8, 4) is 0 Å². The van der Waals surface area contributed by atoms with Gasteiger partial charge in [-0.15, -0.1) is 0 Å². The lowest BCUT2D eigenvalue weighted by atomic mass is 10.0. The molecule has 0 saturated heterocycles. The van der Waals surface area contributed by atoms with Crippen LogP contribution in [-0.2, 0) is 4.79 Å². The first kappa shape index (κ1) is 8.17. The highest BCUT2D eigenvalue weighted by atomic mass is 19.3. The predicted molar refractivity (Wildman–Crippen MR) is 34.4 cm³/mol. The van der Waals surface area contributed by atoms with Gasteiger partial charge in [0.05, 0.1) is 5.92 Å². The summed E-state index contributed by atoms with van der Waals surface area (Å²) in [4.78, 5) is 10.0. The number of hydrogen-bond acceptors (Lipinski definition) is 1. The van der Waals surface area contributed by atoms with E-state index in [-0.39, 0.29) is 6.42 Å². The fourth-order valence-electron chi connectivity index (χ4n) is 1.09. The normalized spacial score (nSPS) is 24.0. The third kappa shape index (κ3) is 1.39. The van der Waals surface area contributed by atoms with Gasteiger partial charge in [-0.25, -0.2) is 4.79 Å². The largest absolute Gasteiger partial charge is 0.477 e. The number of carbonyl (C=O) groups is 1. The molecule has 11 heavy (non-hydrogen) atoms. The zero-order valence-corrected chi connectivity index (χ0v) is 5.76. The van der Waals surface area contributed by atoms with Crippen molar-refractivity contribution in [3.63, 3.8) is 0 Å². The lowest BCUT2D eigenvalue weighted by molar-refractivity contribution is -0.170. The van der Waals surface area contributed by atoms with E-state index in [1.807, 2.05) is 0 Å². The molecule has 1 rings (SSSR count). The summed E-state index contributed by atoms with van der Waals surface area (Å²) in [6, 6.07) is 0. The van der Waals surface area contributed by atoms with Crippen molar-refractivity contribution in [2.45, 2.75) is 18.8 Å². The molecule has 1 aliphatic rings. The first-order valence-electron chi connectivity index (χ1n) is 3.33. The summed E-state index contributed by atoms with van der Waals surface area (Å²) in [6.07, 6.45) is 3.64. The van der Waals surface area contributed by atoms with Crippen LogP contribution >= 0.6 is 0 Å². The molecule has 0 aromatic carbocycles. The van der Waals surface area contributed by atoms with E-state index in [9.17, 15) is 13.6 Å². The third-order valence-electron chi connectivity index (χ3n) is 1.76. The molecule has 4 heteroatoms. The van der Waals surface area contributed by atoms with Crippen molar-refractivity contribution in [2.24, 2.45) is 5.92 Å². The van der Waals surface area contributed by atoms with E-state index < -0.39 is 17.8 Å². The molecule has 0 aliphatic heterocycles. The van der Waals surface area contributed by atoms with E-state index in [0.29, 0.717) is 6.42 Å². The SMILES string of the molecule is O=C(O)C(F)(F)C1C=CCC1. The van der Waals surface area contributed by atoms with Gasteiger partial charge in [-0.1, -0.05) is 12.2 Å². The van der Waals surface area contributed by atoms with E-state index in [2.05, 4.69) is 0 Å². The molecule has 1 aliphatic carbocycles. The smallest absolute Gasteiger partial charge is 0.375 e. The van der Waals surface area contributed by atoms with Gasteiger partial charge in [-0.2, -0.15) is 8.78 Å². The Balaban J connectivity index is 2.71. The van der Waals surface area contributed by atoms with Gasteiger partial charge in [0, 0.05) is 0 Å². The number of rotatable bonds is 2. The second-order valence-electron chi connectivity index (χ2n) is 2.54. The van der Waals surface area contributed by atoms with Gasteiger partial charge < -0.3 is 5.11 Å². The van der Waals surface area contributed by atoms with Crippen molar-refractivity contribution in [1.82, 2.24) is 0 Å². The van der Waals surface area contributed by atoms with E-state index in [1.165, 1.54) is 6.08 Å². The molecule has 0 heterocycles. The average Bonchev–Trinajstić information content (AvgIpc) is 2.37. The van der Waals surface area contributed by atoms with Crippen molar-refractivity contribution in [1.29, 1.82) is 0 Å². The quantitative estimate of drug-likeness (QED) is 0.627. The number of carboxylic acids is 1. The van der Waals surface area contributed by atoms with Crippen LogP contribution in [0.3, 0.4) is 0 Å². The van der Waals surface area contributed by atoms with Crippen molar-refractivity contribution in [3.05, 3.63) is 12.2 Å². The van der Waals surface area contributed by atoms with Crippen LogP contribution in [0.15, 0.2) is 12.2 Å². The number of hydrogen-bond donors (Lipinski definition) is 1. The first-order valence-corrected chi connectivity index (χ1v) is 3.33. The van der Waals surface area contributed by atoms with Crippen LogP contribution in [0.4, 0.5) is 8.78 Å². The van der Waals surface area contributed by atoms with Crippen LogP contribution < -0.4 is 0 Å². The average molecular weight is 162 g/mol. The Morgan fingerprint density at radius 1 is 1.64 bits per heavy atom. The maximum absolute atomic E-state index is 12.6. The Bertz CT molecular complexity index is 199. The number of aliphatic carboxylic acids is 1. The van der Waals surface area contributed by atoms with Gasteiger partial charge in [0.25, 0.3) is 0 Å². The topological polar surface area (TPSA) is 37.3 Å². The van der Waals surface area contributed by atoms with Crippen LogP contribution in [0.5, 0.6) is 0 Å². The number of halogens is 2. The van der Waals surface area contributed by atoms with Gasteiger partial charge in [-0.3, -0.25) is 0 Å². The van der Waals surface area contributed by atoms with E-state index in [0.717, 1.165) is 0 Å². The fraction of sp³-hybridized carbons (Fsp3) is 0.571. The monoisotopic (exact) mass is 162 g/mol. The van der Waals surface area contributed by atoms with Gasteiger partial charge in [0.2, 0.25) is 0 Å². The third-order valence-corrected chi connectivity index (χ3v) is 1.76. The Labute approximate surface area is 62.5 Å². The zero-order chi connectivity index (χ0) is 8.48. The molecule has 0 bridgehead atoms. The molecule has 0 amide bonds. The molecule has 0 saturated carbocycles. The maximum Gasteiger partial charge on any atom is 0.375 e. The minimum atomic E-state index is -3.59. The lowest BCUT2D eigenvalue weighted by Crippen LogP contribution is -2.35. The number of carboxylic acid groups (broad SMARTS) is 1. The van der Waals surface area contributed by atoms with Crippen LogP contribution in [0, 0.1) is 5.92 Å². The predicted octanol–water partition coefficient (Wildman–Crippen LogP) is 1.67. The molecular formula is C7H8F2O2. The van der Waals surface area contributed by atoms with Crippen LogP contribution in [-0.4, -0.2) is 17.0 Å². The molecule has 0 fully saturated rings. The standard InChI is InChI=1S/C7H8F2O2/c8-7(9,6(10)11)5-3-1-2-4-5/h1,3,5H,2,4H2,(H,10,11). The van der Waals surface area contributed by atoms with Crippen LogP contribution in [0.2, 0.25) is 0 Å². The van der Waals surface area contributed by atoms with Gasteiger partial charge in [-0.05, 0) is 12.8 Å². The molecule has 0 aromatic rings. The molecule has 1 N–H and O–H groups in total. The molecular weight excluding hydrogens is 154 g/mol. The lowest BCUT2D eigenvalue weighted by Gasteiger charge is -2.16. The Morgan fingerprint density at radius 3 is 2.64 bits per heavy atom. The maximum atomic E-state index is 12.6. The second kappa shape index (κ2) is 2.60. The zero-order valence-electron chi connectivity index (χ0n) is 5.76. The van der Waals surface area contributed by atoms with E-state index in [4.69, 9.17) is 5.11 Å². The Morgan fingerprint density at radius 2 is 2.27 bits per heavy atom. The highest BCUT2D eigenvalue weighted by Gasteiger charge is 2.46. The summed E-state index contributed by atoms with van der Waals surface area (Å²) in [7, 11) is 0. The summed E-state index contributed by atoms with van der Waals surface area (Å²) in [5, 5.41) is 8.12. The molecule has 0 radical (unpaired) electrons. The summed E-state index contributed by atoms with van der Waals surface area (Å²) in [5.41, 5.74) is 0. The summed E-state index contributed by atoms with van der Waals surface area (Å²) >= 11 is 0. The highest BCUT2D eigenvalue weighted by Crippen LogP contribution is 2.33. The van der Waals surface area contributed by atoms with Gasteiger partial charge in [0.1, 0.15) is 0 Å². The van der Waals surface area contributed by atoms with Crippen LogP contribution in [0.1, 0.15) is 12.8 Å². The molecule has 2 nitrogen and oxygen atoms in total. The minimum absolute atomic E-state index is 0.235. The Kier molecular flexibility index (Phi) is 1.93. The molecule has 62 valence electrons. The molecule has 1 unspecified atom stereocenters. The summed E-state index contributed by atoms with van der Waals surface area (Å²) in [6.45, 7) is 0. The first-order chi connectivity index (χ1) is 5.05. The number of allylic oxidation sites excluding steroid dienone is 2. The van der Waals surface area contributed by atoms with Gasteiger partial charge in [0.15, 0.2) is 0 Å². The molecule has 1 atom stereocenters.